The molecule has 1 aromatic carbocycles. The van der Waals surface area contributed by atoms with Gasteiger partial charge in [0.05, 0.1) is 11.3 Å². The maximum absolute atomic E-state index is 13.1. The van der Waals surface area contributed by atoms with Gasteiger partial charge in [-0.1, -0.05) is 11.8 Å². The van der Waals surface area contributed by atoms with Gasteiger partial charge < -0.3 is 10.8 Å². The fraction of sp³-hybridized carbons (Fsp3) is 0.100. The van der Waals surface area contributed by atoms with Crippen LogP contribution in [-0.4, -0.2) is 11.1 Å². The number of carbonyl (C=O) groups is 1. The maximum Gasteiger partial charge on any atom is 0.315 e. The highest BCUT2D eigenvalue weighted by molar-refractivity contribution is 5.70. The molecule has 3 N–H and O–H groups in total. The summed E-state index contributed by atoms with van der Waals surface area (Å²) in [7, 11) is 0. The summed E-state index contributed by atoms with van der Waals surface area (Å²) in [6.45, 7) is 0. The second-order valence-corrected chi connectivity index (χ2v) is 2.70. The lowest BCUT2D eigenvalue weighted by Crippen LogP contribution is -1.97. The number of hydrogen-bond donors (Lipinski definition) is 2. The zero-order valence-corrected chi connectivity index (χ0v) is 7.55. The number of nitrogens with two attached hydrogens (primary N) is 1. The van der Waals surface area contributed by atoms with Crippen molar-refractivity contribution in [3.05, 3.63) is 29.3 Å². The molecule has 0 aromatic heterocycles. The van der Waals surface area contributed by atoms with Gasteiger partial charge in [-0.15, -0.1) is 0 Å². The first-order valence-electron chi connectivity index (χ1n) is 3.96. The smallest absolute Gasteiger partial charge is 0.315 e. The summed E-state index contributed by atoms with van der Waals surface area (Å²) in [6, 6.07) is 2.05. The highest BCUT2D eigenvalue weighted by Crippen LogP contribution is 2.17. The highest BCUT2D eigenvalue weighted by Gasteiger charge is 2.09. The van der Waals surface area contributed by atoms with Crippen LogP contribution in [0.3, 0.4) is 0 Å². The van der Waals surface area contributed by atoms with Crippen molar-refractivity contribution < 1.29 is 18.7 Å². The van der Waals surface area contributed by atoms with Gasteiger partial charge in [0.1, 0.15) is 6.42 Å². The summed E-state index contributed by atoms with van der Waals surface area (Å²) in [5.41, 5.74) is 5.02. The largest absolute Gasteiger partial charge is 0.481 e. The molecule has 0 unspecified atom stereocenters. The van der Waals surface area contributed by atoms with E-state index >= 15 is 0 Å². The number of halogens is 2. The number of carboxylic acid groups (broad SMARTS) is 1. The van der Waals surface area contributed by atoms with Crippen molar-refractivity contribution in [3.63, 3.8) is 0 Å². The minimum atomic E-state index is -1.16. The molecule has 0 bridgehead atoms. The molecule has 0 aliphatic carbocycles. The van der Waals surface area contributed by atoms with Crippen molar-refractivity contribution in [2.75, 3.05) is 5.73 Å². The Kier molecular flexibility index (Phi) is 3.24. The molecule has 78 valence electrons. The van der Waals surface area contributed by atoms with Gasteiger partial charge in [-0.25, -0.2) is 8.78 Å². The number of aliphatic carboxylic acids is 1. The Balaban J connectivity index is 3.07. The Labute approximate surface area is 84.5 Å². The highest BCUT2D eigenvalue weighted by atomic mass is 19.2. The molecule has 0 fully saturated rings. The number of nitrogen functional groups attached to an aromatic ring is 1. The van der Waals surface area contributed by atoms with E-state index in [-0.39, 0.29) is 11.3 Å². The van der Waals surface area contributed by atoms with E-state index in [1.54, 1.807) is 0 Å². The molecule has 0 aliphatic rings. The summed E-state index contributed by atoms with van der Waals surface area (Å²) in [4.78, 5) is 10.1. The van der Waals surface area contributed by atoms with Gasteiger partial charge in [0.2, 0.25) is 0 Å². The third kappa shape index (κ3) is 2.68. The van der Waals surface area contributed by atoms with Crippen LogP contribution in [0, 0.1) is 23.5 Å². The van der Waals surface area contributed by atoms with Crippen LogP contribution in [0.2, 0.25) is 0 Å². The van der Waals surface area contributed by atoms with Gasteiger partial charge >= 0.3 is 5.97 Å². The zero-order valence-electron chi connectivity index (χ0n) is 7.55. The number of benzene rings is 1. The molecule has 3 nitrogen and oxygen atoms in total. The van der Waals surface area contributed by atoms with E-state index in [2.05, 4.69) is 11.8 Å². The van der Waals surface area contributed by atoms with Gasteiger partial charge in [0.25, 0.3) is 0 Å². The SMILES string of the molecule is Nc1ccc(F)c(F)c1C#CCC(=O)O. The molecule has 5 heteroatoms. The van der Waals surface area contributed by atoms with Gasteiger partial charge in [0, 0.05) is 0 Å². The molecule has 0 radical (unpaired) electrons. The van der Waals surface area contributed by atoms with Crippen LogP contribution in [0.15, 0.2) is 12.1 Å². The average Bonchev–Trinajstić information content (AvgIpc) is 2.17. The molecule has 0 saturated heterocycles. The summed E-state index contributed by atoms with van der Waals surface area (Å²) >= 11 is 0. The Morgan fingerprint density at radius 2 is 2.13 bits per heavy atom. The third-order valence-corrected chi connectivity index (χ3v) is 1.58. The lowest BCUT2D eigenvalue weighted by molar-refractivity contribution is -0.135. The molecule has 0 heterocycles. The standard InChI is InChI=1S/C10H7F2NO2/c11-7-4-5-8(13)6(10(7)12)2-1-3-9(14)15/h4-5H,3,13H2,(H,14,15). The fourth-order valence-corrected chi connectivity index (χ4v) is 0.901. The average molecular weight is 211 g/mol. The Morgan fingerprint density at radius 1 is 1.47 bits per heavy atom. The predicted molar refractivity (Wildman–Crippen MR) is 49.9 cm³/mol. The van der Waals surface area contributed by atoms with Crippen LogP contribution in [0.1, 0.15) is 12.0 Å². The molecular weight excluding hydrogens is 204 g/mol. The van der Waals surface area contributed by atoms with Crippen LogP contribution >= 0.6 is 0 Å². The van der Waals surface area contributed by atoms with Crippen molar-refractivity contribution in [1.29, 1.82) is 0 Å². The first-order chi connectivity index (χ1) is 7.02. The first-order valence-corrected chi connectivity index (χ1v) is 3.96. The van der Waals surface area contributed by atoms with Gasteiger partial charge in [-0.05, 0) is 12.1 Å². The van der Waals surface area contributed by atoms with E-state index in [1.807, 2.05) is 0 Å². The van der Waals surface area contributed by atoms with Crippen LogP contribution in [0.25, 0.3) is 0 Å². The molecule has 15 heavy (non-hydrogen) atoms. The van der Waals surface area contributed by atoms with E-state index in [9.17, 15) is 13.6 Å². The zero-order chi connectivity index (χ0) is 11.4. The molecule has 0 atom stereocenters. The second-order valence-electron chi connectivity index (χ2n) is 2.70. The second kappa shape index (κ2) is 4.42. The minimum Gasteiger partial charge on any atom is -0.481 e. The van der Waals surface area contributed by atoms with Crippen LogP contribution in [-0.2, 0) is 4.79 Å². The van der Waals surface area contributed by atoms with Crippen molar-refractivity contribution in [1.82, 2.24) is 0 Å². The van der Waals surface area contributed by atoms with E-state index in [0.717, 1.165) is 6.07 Å². The van der Waals surface area contributed by atoms with Gasteiger partial charge in [-0.3, -0.25) is 4.79 Å². The van der Waals surface area contributed by atoms with E-state index in [4.69, 9.17) is 10.8 Å². The minimum absolute atomic E-state index is 0.0215. The monoisotopic (exact) mass is 211 g/mol. The molecule has 1 aromatic rings. The molecule has 0 spiro atoms. The molecule has 0 aliphatic heterocycles. The van der Waals surface area contributed by atoms with Crippen molar-refractivity contribution in [3.8, 4) is 11.8 Å². The summed E-state index contributed by atoms with van der Waals surface area (Å²) in [5.74, 6) is 0.990. The lowest BCUT2D eigenvalue weighted by atomic mass is 10.1. The molecular formula is C10H7F2NO2. The third-order valence-electron chi connectivity index (χ3n) is 1.58. The quantitative estimate of drug-likeness (QED) is 0.544. The van der Waals surface area contributed by atoms with Crippen molar-refractivity contribution in [2.24, 2.45) is 0 Å². The molecule has 1 rings (SSSR count). The van der Waals surface area contributed by atoms with Crippen LogP contribution in [0.4, 0.5) is 14.5 Å². The van der Waals surface area contributed by atoms with E-state index in [0.29, 0.717) is 0 Å². The predicted octanol–water partition coefficient (Wildman–Crippen LogP) is 1.37. The molecule has 0 amide bonds. The molecule has 0 saturated carbocycles. The van der Waals surface area contributed by atoms with Crippen LogP contribution in [0.5, 0.6) is 0 Å². The van der Waals surface area contributed by atoms with Gasteiger partial charge in [0.15, 0.2) is 11.6 Å². The Bertz CT molecular complexity index is 460. The number of hydrogen-bond acceptors (Lipinski definition) is 2. The lowest BCUT2D eigenvalue weighted by Gasteiger charge is -1.99. The fourth-order valence-electron chi connectivity index (χ4n) is 0.901. The topological polar surface area (TPSA) is 63.3 Å². The maximum atomic E-state index is 13.1. The van der Waals surface area contributed by atoms with Gasteiger partial charge in [-0.2, -0.15) is 0 Å². The summed E-state index contributed by atoms with van der Waals surface area (Å²) in [6.07, 6.45) is -0.449. The summed E-state index contributed by atoms with van der Waals surface area (Å²) in [5, 5.41) is 8.28. The van der Waals surface area contributed by atoms with Crippen LogP contribution < -0.4 is 5.73 Å². The summed E-state index contributed by atoms with van der Waals surface area (Å²) < 4.78 is 25.8. The van der Waals surface area contributed by atoms with Crippen molar-refractivity contribution in [2.45, 2.75) is 6.42 Å². The number of rotatable bonds is 1. The first kappa shape index (κ1) is 11.0. The van der Waals surface area contributed by atoms with E-state index in [1.165, 1.54) is 6.07 Å². The number of carboxylic acids is 1. The van der Waals surface area contributed by atoms with E-state index < -0.39 is 24.0 Å². The Morgan fingerprint density at radius 3 is 2.73 bits per heavy atom. The Hall–Kier alpha value is -2.09. The van der Waals surface area contributed by atoms with Crippen molar-refractivity contribution >= 4 is 11.7 Å². The normalized spacial score (nSPS) is 9.20. The number of anilines is 1.